The van der Waals surface area contributed by atoms with Gasteiger partial charge in [-0.05, 0) is 133 Å². The molecule has 56 heavy (non-hydrogen) atoms. The van der Waals surface area contributed by atoms with Crippen molar-refractivity contribution in [2.45, 2.75) is 114 Å². The van der Waals surface area contributed by atoms with Crippen molar-refractivity contribution in [3.05, 3.63) is 106 Å². The Morgan fingerprint density at radius 2 is 0.786 bits per heavy atom. The molecule has 0 aromatic heterocycles. The topological polar surface area (TPSA) is 180 Å². The molecule has 6 rings (SSSR count). The fourth-order valence-electron chi connectivity index (χ4n) is 8.91. The molecule has 10 heteroatoms. The second kappa shape index (κ2) is 17.8. The second-order valence-corrected chi connectivity index (χ2v) is 15.5. The van der Waals surface area contributed by atoms with Crippen LogP contribution in [-0.4, -0.2) is 71.0 Å². The predicted octanol–water partition coefficient (Wildman–Crippen LogP) is 4.22. The van der Waals surface area contributed by atoms with Crippen LogP contribution >= 0.6 is 0 Å². The van der Waals surface area contributed by atoms with E-state index in [1.807, 2.05) is 62.4 Å². The van der Waals surface area contributed by atoms with Crippen molar-refractivity contribution in [3.63, 3.8) is 0 Å². The van der Waals surface area contributed by atoms with Crippen LogP contribution in [0.1, 0.15) is 110 Å². The number of benzene rings is 4. The molecule has 0 bridgehead atoms. The number of unbranched alkanes of at least 4 members (excludes halogenated alkanes) is 3. The summed E-state index contributed by atoms with van der Waals surface area (Å²) in [7, 11) is 0. The predicted molar refractivity (Wildman–Crippen MR) is 212 cm³/mol. The number of hydrogen-bond acceptors (Lipinski definition) is 10. The molecule has 4 atom stereocenters. The molecule has 0 spiro atoms. The molecule has 0 aliphatic heterocycles. The first-order valence-corrected chi connectivity index (χ1v) is 20.4. The monoisotopic (exact) mass is 764 g/mol. The van der Waals surface area contributed by atoms with E-state index in [2.05, 4.69) is 23.6 Å². The average Bonchev–Trinajstić information content (AvgIpc) is 3.19. The third-order valence-electron chi connectivity index (χ3n) is 12.4. The van der Waals surface area contributed by atoms with Gasteiger partial charge in [-0.25, -0.2) is 0 Å². The van der Waals surface area contributed by atoms with Gasteiger partial charge in [-0.15, -0.1) is 24.4 Å². The van der Waals surface area contributed by atoms with Gasteiger partial charge in [0.25, 0.3) is 0 Å². The fourth-order valence-corrected chi connectivity index (χ4v) is 8.91. The van der Waals surface area contributed by atoms with Gasteiger partial charge < -0.3 is 50.7 Å². The Labute approximate surface area is 330 Å². The van der Waals surface area contributed by atoms with Crippen LogP contribution in [0.15, 0.2) is 72.8 Å². The lowest BCUT2D eigenvalue weighted by Gasteiger charge is -2.61. The van der Waals surface area contributed by atoms with E-state index in [4.69, 9.17) is 0 Å². The van der Waals surface area contributed by atoms with Gasteiger partial charge in [0.05, 0.1) is 0 Å². The van der Waals surface area contributed by atoms with Crippen molar-refractivity contribution in [2.75, 3.05) is 36.0 Å². The van der Waals surface area contributed by atoms with Gasteiger partial charge >= 0.3 is 0 Å². The lowest BCUT2D eigenvalue weighted by atomic mass is 9.63. The maximum absolute atomic E-state index is 13.3. The molecule has 4 aromatic rings. The molecular weight excluding hydrogens is 709 g/mol. The minimum Gasteiger partial charge on any atom is -0.851 e. The Hall–Kier alpha value is -4.48. The molecule has 0 saturated heterocycles. The molecule has 0 amide bonds. The van der Waals surface area contributed by atoms with Crippen molar-refractivity contribution >= 4 is 11.4 Å². The summed E-state index contributed by atoms with van der Waals surface area (Å²) in [6.07, 6.45) is 0.583. The van der Waals surface area contributed by atoms with Crippen molar-refractivity contribution in [2.24, 2.45) is 0 Å². The lowest BCUT2D eigenvalue weighted by Crippen LogP contribution is -2.63. The lowest BCUT2D eigenvalue weighted by molar-refractivity contribution is -0.536. The van der Waals surface area contributed by atoms with E-state index in [-0.39, 0.29) is 23.0 Å². The summed E-state index contributed by atoms with van der Waals surface area (Å²) in [5.41, 5.74) is 5.44. The Morgan fingerprint density at radius 1 is 0.446 bits per heavy atom. The molecular formula is C46H56N2O8-4. The van der Waals surface area contributed by atoms with Crippen LogP contribution in [0, 0.1) is 0 Å². The average molecular weight is 765 g/mol. The highest BCUT2D eigenvalue weighted by molar-refractivity contribution is 5.54. The number of phenolic OH excluding ortho intramolecular Hbond substituents is 4. The number of anilines is 2. The maximum Gasteiger partial charge on any atom is 0.122 e. The van der Waals surface area contributed by atoms with E-state index >= 15 is 0 Å². The smallest absolute Gasteiger partial charge is 0.122 e. The van der Waals surface area contributed by atoms with Crippen molar-refractivity contribution in [3.8, 4) is 23.0 Å². The quantitative estimate of drug-likeness (QED) is 0.114. The zero-order valence-electron chi connectivity index (χ0n) is 32.9. The molecule has 4 aromatic carbocycles. The highest BCUT2D eigenvalue weighted by Crippen LogP contribution is 2.50. The van der Waals surface area contributed by atoms with Gasteiger partial charge in [0.1, 0.15) is 23.0 Å². The molecule has 2 aliphatic rings. The van der Waals surface area contributed by atoms with Gasteiger partial charge in [-0.2, -0.15) is 0 Å². The zero-order valence-corrected chi connectivity index (χ0v) is 32.9. The van der Waals surface area contributed by atoms with Gasteiger partial charge in [0.15, 0.2) is 0 Å². The van der Waals surface area contributed by atoms with Crippen LogP contribution in [0.5, 0.6) is 23.0 Å². The van der Waals surface area contributed by atoms with Crippen LogP contribution in [0.3, 0.4) is 0 Å². The van der Waals surface area contributed by atoms with Crippen LogP contribution in [0.4, 0.5) is 11.4 Å². The van der Waals surface area contributed by atoms with Crippen molar-refractivity contribution < 1.29 is 40.9 Å². The van der Waals surface area contributed by atoms with E-state index < -0.39 is 48.1 Å². The van der Waals surface area contributed by atoms with Gasteiger partial charge in [0, 0.05) is 49.7 Å². The van der Waals surface area contributed by atoms with Gasteiger partial charge in [0.2, 0.25) is 0 Å². The number of aryl methyl sites for hydroxylation is 2. The number of nitrogens with zero attached hydrogens (tertiary/aromatic N) is 2. The molecule has 0 radical (unpaired) electrons. The number of rotatable bonds is 17. The Balaban J connectivity index is 0.947. The normalized spacial score (nSPS) is 24.4. The number of phenols is 4. The molecule has 2 saturated carbocycles. The number of aromatic hydroxyl groups is 4. The zero-order chi connectivity index (χ0) is 40.3. The second-order valence-electron chi connectivity index (χ2n) is 15.5. The van der Waals surface area contributed by atoms with E-state index in [1.165, 1.54) is 12.1 Å². The van der Waals surface area contributed by atoms with E-state index in [1.54, 1.807) is 12.1 Å². The first-order valence-electron chi connectivity index (χ1n) is 20.4. The van der Waals surface area contributed by atoms with E-state index in [0.717, 1.165) is 74.4 Å². The third-order valence-corrected chi connectivity index (χ3v) is 12.4. The summed E-state index contributed by atoms with van der Waals surface area (Å²) in [5, 5.41) is 94.0. The minimum atomic E-state index is -1.17. The van der Waals surface area contributed by atoms with Crippen LogP contribution in [-0.2, 0) is 12.8 Å². The molecule has 4 unspecified atom stereocenters. The summed E-state index contributed by atoms with van der Waals surface area (Å²) in [5.74, 6) is -3.53. The third kappa shape index (κ3) is 8.03. The van der Waals surface area contributed by atoms with Crippen LogP contribution < -0.4 is 30.2 Å². The summed E-state index contributed by atoms with van der Waals surface area (Å²) < 4.78 is 0. The first kappa shape index (κ1) is 41.2. The Kier molecular flexibility index (Phi) is 13.1. The molecule has 0 heterocycles. The van der Waals surface area contributed by atoms with Crippen LogP contribution in [0.25, 0.3) is 0 Å². The first-order chi connectivity index (χ1) is 26.9. The fraction of sp³-hybridized carbons (Fsp3) is 0.478. The van der Waals surface area contributed by atoms with Crippen molar-refractivity contribution in [1.82, 2.24) is 0 Å². The summed E-state index contributed by atoms with van der Waals surface area (Å²) >= 11 is 0. The number of hydrogen-bond donors (Lipinski definition) is 4. The summed E-state index contributed by atoms with van der Waals surface area (Å²) in [6, 6.07) is 21.2. The van der Waals surface area contributed by atoms with E-state index in [0.29, 0.717) is 35.1 Å². The van der Waals surface area contributed by atoms with Crippen molar-refractivity contribution in [1.29, 1.82) is 0 Å². The van der Waals surface area contributed by atoms with Gasteiger partial charge in [-0.1, -0.05) is 51.0 Å². The molecule has 2 fully saturated rings. The SMILES string of the molecule is CCc1cc(C2C([O-])C(c3ccc(N(CC)CCCCCCN(CC)c4ccc(C5C([O-])C(c6cc(CC)c(O)cc6O)C5[O-])cc4)cc3)C2[O-])c(O)cc1O. The molecule has 2 aliphatic carbocycles. The van der Waals surface area contributed by atoms with Crippen LogP contribution in [0.2, 0.25) is 0 Å². The highest BCUT2D eigenvalue weighted by atomic mass is 16.3. The highest BCUT2D eigenvalue weighted by Gasteiger charge is 2.41. The van der Waals surface area contributed by atoms with Gasteiger partial charge in [-0.3, -0.25) is 0 Å². The largest absolute Gasteiger partial charge is 0.851 e. The maximum atomic E-state index is 13.3. The van der Waals surface area contributed by atoms with E-state index in [9.17, 15) is 40.9 Å². The molecule has 10 nitrogen and oxygen atoms in total. The Morgan fingerprint density at radius 3 is 1.09 bits per heavy atom. The molecule has 4 N–H and O–H groups in total. The Bertz CT molecular complexity index is 1760. The molecule has 302 valence electrons. The summed E-state index contributed by atoms with van der Waals surface area (Å²) in [4.78, 5) is 4.60. The standard InChI is InChI=1S/C46H56N2O8/c1-5-27-23-33(37(51)25-35(27)49)41-43(53)39(44(41)54)29-13-17-31(18-14-29)47(7-3)21-11-9-10-12-22-48(8-4)32-19-15-30(16-20-32)40-45(55)42(46(40)56)34-24-28(6-2)36(50)26-38(34)52/h13-20,23-26,39-46,49-52H,5-12,21-22H2,1-4H3/q-4. The minimum absolute atomic E-state index is 0.0313. The summed E-state index contributed by atoms with van der Waals surface area (Å²) in [6.45, 7) is 11.4.